The topological polar surface area (TPSA) is 44.4 Å². The molecule has 1 aromatic rings. The number of likely N-dealkylation sites (tertiary alicyclic amines) is 1. The van der Waals surface area contributed by atoms with Crippen molar-refractivity contribution in [2.75, 3.05) is 26.2 Å². The van der Waals surface area contributed by atoms with Crippen LogP contribution in [-0.4, -0.2) is 43.3 Å². The molecule has 2 N–H and O–H groups in total. The molecule has 0 aromatic heterocycles. The predicted octanol–water partition coefficient (Wildman–Crippen LogP) is 3.07. The summed E-state index contributed by atoms with van der Waals surface area (Å²) < 4.78 is 50.2. The SMILES string of the molecule is CC(NC(=O)NCC1CCN(CC(F)(F)F)C1)c1cccc(F)c1. The molecule has 1 heterocycles. The number of alkyl halides is 3. The van der Waals surface area contributed by atoms with Gasteiger partial charge in [0, 0.05) is 13.1 Å². The fourth-order valence-electron chi connectivity index (χ4n) is 2.82. The Balaban J connectivity index is 1.72. The second-order valence-corrected chi connectivity index (χ2v) is 6.14. The Morgan fingerprint density at radius 2 is 2.17 bits per heavy atom. The summed E-state index contributed by atoms with van der Waals surface area (Å²) in [7, 11) is 0. The Labute approximate surface area is 138 Å². The van der Waals surface area contributed by atoms with Gasteiger partial charge in [-0.25, -0.2) is 9.18 Å². The summed E-state index contributed by atoms with van der Waals surface area (Å²) >= 11 is 0. The van der Waals surface area contributed by atoms with Gasteiger partial charge >= 0.3 is 12.2 Å². The van der Waals surface area contributed by atoms with Crippen LogP contribution in [0.25, 0.3) is 0 Å². The van der Waals surface area contributed by atoms with E-state index in [2.05, 4.69) is 10.6 Å². The summed E-state index contributed by atoms with van der Waals surface area (Å²) in [5.41, 5.74) is 0.641. The van der Waals surface area contributed by atoms with Gasteiger partial charge in [0.2, 0.25) is 0 Å². The second kappa shape index (κ2) is 7.83. The van der Waals surface area contributed by atoms with Crippen molar-refractivity contribution in [3.8, 4) is 0 Å². The van der Waals surface area contributed by atoms with Crippen LogP contribution in [0, 0.1) is 11.7 Å². The van der Waals surface area contributed by atoms with Crippen LogP contribution < -0.4 is 10.6 Å². The Morgan fingerprint density at radius 1 is 1.42 bits per heavy atom. The van der Waals surface area contributed by atoms with Crippen molar-refractivity contribution in [3.05, 3.63) is 35.6 Å². The molecule has 0 saturated carbocycles. The van der Waals surface area contributed by atoms with Crippen molar-refractivity contribution in [1.82, 2.24) is 15.5 Å². The first kappa shape index (κ1) is 18.5. The Kier molecular flexibility index (Phi) is 6.04. The van der Waals surface area contributed by atoms with Crippen LogP contribution in [0.2, 0.25) is 0 Å². The minimum Gasteiger partial charge on any atom is -0.338 e. The van der Waals surface area contributed by atoms with Gasteiger partial charge in [0.1, 0.15) is 5.82 Å². The zero-order chi connectivity index (χ0) is 17.7. The van der Waals surface area contributed by atoms with E-state index in [4.69, 9.17) is 0 Å². The molecule has 4 nitrogen and oxygen atoms in total. The van der Waals surface area contributed by atoms with Crippen molar-refractivity contribution in [2.45, 2.75) is 25.6 Å². The van der Waals surface area contributed by atoms with Gasteiger partial charge < -0.3 is 10.6 Å². The molecule has 134 valence electrons. The molecule has 0 aliphatic carbocycles. The highest BCUT2D eigenvalue weighted by molar-refractivity contribution is 5.74. The number of benzene rings is 1. The third-order valence-electron chi connectivity index (χ3n) is 4.02. The molecular weight excluding hydrogens is 326 g/mol. The fraction of sp³-hybridized carbons (Fsp3) is 0.562. The first-order valence-corrected chi connectivity index (χ1v) is 7.82. The van der Waals surface area contributed by atoms with E-state index in [1.165, 1.54) is 17.0 Å². The van der Waals surface area contributed by atoms with Gasteiger partial charge in [-0.2, -0.15) is 13.2 Å². The molecule has 8 heteroatoms. The van der Waals surface area contributed by atoms with Gasteiger partial charge in [-0.3, -0.25) is 4.90 Å². The average molecular weight is 347 g/mol. The van der Waals surface area contributed by atoms with Crippen molar-refractivity contribution in [3.63, 3.8) is 0 Å². The van der Waals surface area contributed by atoms with E-state index in [-0.39, 0.29) is 17.8 Å². The van der Waals surface area contributed by atoms with Gasteiger partial charge in [0.15, 0.2) is 0 Å². The van der Waals surface area contributed by atoms with Crippen molar-refractivity contribution in [2.24, 2.45) is 5.92 Å². The molecule has 0 radical (unpaired) electrons. The molecule has 1 saturated heterocycles. The minimum atomic E-state index is -4.19. The molecular formula is C16H21F4N3O. The standard InChI is InChI=1S/C16H21F4N3O/c1-11(13-3-2-4-14(17)7-13)22-15(24)21-8-12-5-6-23(9-12)10-16(18,19)20/h2-4,7,11-12H,5-6,8-10H2,1H3,(H2,21,22,24). The normalized spacial score (nSPS) is 20.0. The molecule has 1 aliphatic heterocycles. The number of hydrogen-bond donors (Lipinski definition) is 2. The van der Waals surface area contributed by atoms with Crippen molar-refractivity contribution < 1.29 is 22.4 Å². The smallest absolute Gasteiger partial charge is 0.338 e. The van der Waals surface area contributed by atoms with Crippen molar-refractivity contribution >= 4 is 6.03 Å². The molecule has 2 atom stereocenters. The van der Waals surface area contributed by atoms with E-state index >= 15 is 0 Å². The van der Waals surface area contributed by atoms with E-state index < -0.39 is 18.8 Å². The first-order valence-electron chi connectivity index (χ1n) is 7.82. The molecule has 1 aliphatic rings. The lowest BCUT2D eigenvalue weighted by atomic mass is 10.1. The molecule has 0 spiro atoms. The lowest BCUT2D eigenvalue weighted by Crippen LogP contribution is -2.40. The number of amides is 2. The number of carbonyl (C=O) groups excluding carboxylic acids is 1. The molecule has 2 unspecified atom stereocenters. The summed E-state index contributed by atoms with van der Waals surface area (Å²) in [5, 5.41) is 5.36. The minimum absolute atomic E-state index is 0.00239. The number of rotatable bonds is 5. The van der Waals surface area contributed by atoms with Gasteiger partial charge in [0.25, 0.3) is 0 Å². The number of nitrogens with zero attached hydrogens (tertiary/aromatic N) is 1. The van der Waals surface area contributed by atoms with Crippen LogP contribution in [0.1, 0.15) is 24.9 Å². The van der Waals surface area contributed by atoms with Crippen LogP contribution in [0.15, 0.2) is 24.3 Å². The lowest BCUT2D eigenvalue weighted by molar-refractivity contribution is -0.143. The molecule has 2 rings (SSSR count). The predicted molar refractivity (Wildman–Crippen MR) is 82.0 cm³/mol. The molecule has 24 heavy (non-hydrogen) atoms. The Bertz CT molecular complexity index is 564. The largest absolute Gasteiger partial charge is 0.401 e. The van der Waals surface area contributed by atoms with E-state index in [1.807, 2.05) is 0 Å². The maximum absolute atomic E-state index is 13.2. The number of carbonyl (C=O) groups is 1. The number of nitrogens with one attached hydrogen (secondary N) is 2. The summed E-state index contributed by atoms with van der Waals surface area (Å²) in [6, 6.07) is 5.15. The van der Waals surface area contributed by atoms with Crippen LogP contribution in [-0.2, 0) is 0 Å². The summed E-state index contributed by atoms with van der Waals surface area (Å²) in [6.45, 7) is 1.84. The van der Waals surface area contributed by atoms with Crippen LogP contribution >= 0.6 is 0 Å². The highest BCUT2D eigenvalue weighted by atomic mass is 19.4. The van der Waals surface area contributed by atoms with Gasteiger partial charge in [-0.1, -0.05) is 12.1 Å². The van der Waals surface area contributed by atoms with Crippen LogP contribution in [0.5, 0.6) is 0 Å². The molecule has 1 fully saturated rings. The van der Waals surface area contributed by atoms with E-state index in [1.54, 1.807) is 19.1 Å². The number of halogens is 4. The van der Waals surface area contributed by atoms with Crippen LogP contribution in [0.4, 0.5) is 22.4 Å². The fourth-order valence-corrected chi connectivity index (χ4v) is 2.82. The third kappa shape index (κ3) is 5.99. The first-order chi connectivity index (χ1) is 11.2. The van der Waals surface area contributed by atoms with E-state index in [0.717, 1.165) is 0 Å². The Hall–Kier alpha value is -1.83. The van der Waals surface area contributed by atoms with E-state index in [9.17, 15) is 22.4 Å². The third-order valence-corrected chi connectivity index (χ3v) is 4.02. The zero-order valence-corrected chi connectivity index (χ0v) is 13.4. The number of urea groups is 1. The average Bonchev–Trinajstić information content (AvgIpc) is 2.90. The maximum atomic E-state index is 13.2. The summed E-state index contributed by atoms with van der Waals surface area (Å²) in [6.07, 6.45) is -3.57. The molecule has 2 amide bonds. The maximum Gasteiger partial charge on any atom is 0.401 e. The monoisotopic (exact) mass is 347 g/mol. The summed E-state index contributed by atoms with van der Waals surface area (Å²) in [5.74, 6) is -0.375. The summed E-state index contributed by atoms with van der Waals surface area (Å²) in [4.78, 5) is 13.2. The Morgan fingerprint density at radius 3 is 2.83 bits per heavy atom. The highest BCUT2D eigenvalue weighted by Gasteiger charge is 2.34. The second-order valence-electron chi connectivity index (χ2n) is 6.14. The lowest BCUT2D eigenvalue weighted by Gasteiger charge is -2.19. The number of hydrogen-bond acceptors (Lipinski definition) is 2. The molecule has 1 aromatic carbocycles. The van der Waals surface area contributed by atoms with Gasteiger partial charge in [-0.05, 0) is 43.5 Å². The van der Waals surface area contributed by atoms with Crippen LogP contribution in [0.3, 0.4) is 0 Å². The zero-order valence-electron chi connectivity index (χ0n) is 13.4. The van der Waals surface area contributed by atoms with E-state index in [0.29, 0.717) is 31.6 Å². The highest BCUT2D eigenvalue weighted by Crippen LogP contribution is 2.22. The van der Waals surface area contributed by atoms with Crippen molar-refractivity contribution in [1.29, 1.82) is 0 Å². The van der Waals surface area contributed by atoms with Gasteiger partial charge in [-0.15, -0.1) is 0 Å². The quantitative estimate of drug-likeness (QED) is 0.804. The van der Waals surface area contributed by atoms with Gasteiger partial charge in [0.05, 0.1) is 12.6 Å². The molecule has 0 bridgehead atoms.